The SMILES string of the molecule is O=C(CNC(=O)OCc1ccccc1)N[C@H](Cc1cnc2ccccc2n1)C(=O)O. The minimum absolute atomic E-state index is 0.0443. The number of carboxylic acids is 1. The van der Waals surface area contributed by atoms with Crippen molar-refractivity contribution in [3.8, 4) is 0 Å². The highest BCUT2D eigenvalue weighted by molar-refractivity contribution is 5.86. The largest absolute Gasteiger partial charge is 0.480 e. The Morgan fingerprint density at radius 3 is 2.43 bits per heavy atom. The van der Waals surface area contributed by atoms with E-state index in [4.69, 9.17) is 4.74 Å². The van der Waals surface area contributed by atoms with E-state index in [1.165, 1.54) is 6.20 Å². The van der Waals surface area contributed by atoms with Crippen molar-refractivity contribution in [2.24, 2.45) is 0 Å². The number of carboxylic acid groups (broad SMARTS) is 1. The minimum atomic E-state index is -1.22. The van der Waals surface area contributed by atoms with Crippen molar-refractivity contribution < 1.29 is 24.2 Å². The van der Waals surface area contributed by atoms with Crippen LogP contribution in [-0.2, 0) is 27.4 Å². The fourth-order valence-electron chi connectivity index (χ4n) is 2.68. The first-order valence-electron chi connectivity index (χ1n) is 9.18. The van der Waals surface area contributed by atoms with Crippen LogP contribution in [0.4, 0.5) is 4.79 Å². The molecule has 2 aromatic carbocycles. The molecule has 3 rings (SSSR count). The maximum atomic E-state index is 12.1. The normalized spacial score (nSPS) is 11.5. The molecule has 1 atom stereocenters. The number of alkyl carbamates (subject to hydrolysis) is 1. The first-order valence-corrected chi connectivity index (χ1v) is 9.18. The summed E-state index contributed by atoms with van der Waals surface area (Å²) in [5, 5.41) is 14.1. The third-order valence-electron chi connectivity index (χ3n) is 4.15. The third-order valence-corrected chi connectivity index (χ3v) is 4.15. The number of carbonyl (C=O) groups is 3. The second-order valence-corrected chi connectivity index (χ2v) is 6.43. The van der Waals surface area contributed by atoms with Crippen molar-refractivity contribution in [3.05, 3.63) is 72.1 Å². The zero-order valence-electron chi connectivity index (χ0n) is 15.9. The van der Waals surface area contributed by atoms with E-state index in [0.29, 0.717) is 16.7 Å². The molecule has 0 saturated heterocycles. The Morgan fingerprint density at radius 2 is 1.70 bits per heavy atom. The molecule has 2 amide bonds. The van der Waals surface area contributed by atoms with Crippen molar-refractivity contribution >= 4 is 29.0 Å². The monoisotopic (exact) mass is 408 g/mol. The van der Waals surface area contributed by atoms with Crippen LogP contribution in [0.5, 0.6) is 0 Å². The van der Waals surface area contributed by atoms with Crippen LogP contribution in [0.1, 0.15) is 11.3 Å². The maximum absolute atomic E-state index is 12.1. The van der Waals surface area contributed by atoms with Crippen molar-refractivity contribution in [1.29, 1.82) is 0 Å². The highest BCUT2D eigenvalue weighted by Crippen LogP contribution is 2.10. The van der Waals surface area contributed by atoms with Gasteiger partial charge in [-0.3, -0.25) is 9.78 Å². The number of hydrogen-bond acceptors (Lipinski definition) is 6. The molecule has 0 saturated carbocycles. The number of aliphatic carboxylic acids is 1. The Hall–Kier alpha value is -4.01. The summed E-state index contributed by atoms with van der Waals surface area (Å²) in [6.07, 6.45) is 0.655. The lowest BCUT2D eigenvalue weighted by Gasteiger charge is -2.14. The number of nitrogens with zero attached hydrogens (tertiary/aromatic N) is 2. The molecule has 9 nitrogen and oxygen atoms in total. The number of rotatable bonds is 8. The van der Waals surface area contributed by atoms with E-state index in [9.17, 15) is 19.5 Å². The smallest absolute Gasteiger partial charge is 0.407 e. The standard InChI is InChI=1S/C21H20N4O5/c26-19(12-23-21(29)30-13-14-6-2-1-3-7-14)25-18(20(27)28)10-15-11-22-16-8-4-5-9-17(16)24-15/h1-9,11,18H,10,12-13H2,(H,23,29)(H,25,26)(H,27,28)/t18-/m1/s1. The first kappa shape index (κ1) is 20.7. The van der Waals surface area contributed by atoms with Gasteiger partial charge < -0.3 is 20.5 Å². The van der Waals surface area contributed by atoms with Gasteiger partial charge in [0.1, 0.15) is 19.2 Å². The molecule has 0 radical (unpaired) electrons. The highest BCUT2D eigenvalue weighted by Gasteiger charge is 2.21. The molecule has 0 bridgehead atoms. The minimum Gasteiger partial charge on any atom is -0.480 e. The molecule has 30 heavy (non-hydrogen) atoms. The molecule has 1 aromatic heterocycles. The molecular formula is C21H20N4O5. The van der Waals surface area contributed by atoms with Crippen LogP contribution in [0.15, 0.2) is 60.8 Å². The Kier molecular flexibility index (Phi) is 6.88. The van der Waals surface area contributed by atoms with Gasteiger partial charge in [-0.1, -0.05) is 42.5 Å². The number of nitrogens with one attached hydrogen (secondary N) is 2. The van der Waals surface area contributed by atoms with Gasteiger partial charge >= 0.3 is 12.1 Å². The molecule has 0 unspecified atom stereocenters. The number of benzene rings is 2. The van der Waals surface area contributed by atoms with E-state index in [1.807, 2.05) is 24.3 Å². The van der Waals surface area contributed by atoms with Gasteiger partial charge in [-0.05, 0) is 17.7 Å². The summed E-state index contributed by atoms with van der Waals surface area (Å²) in [6.45, 7) is -0.354. The lowest BCUT2D eigenvalue weighted by atomic mass is 10.1. The lowest BCUT2D eigenvalue weighted by molar-refractivity contribution is -0.141. The van der Waals surface area contributed by atoms with Crippen LogP contribution in [0.25, 0.3) is 11.0 Å². The van der Waals surface area contributed by atoms with Crippen LogP contribution < -0.4 is 10.6 Å². The van der Waals surface area contributed by atoms with Crippen molar-refractivity contribution in [2.75, 3.05) is 6.54 Å². The molecular weight excluding hydrogens is 388 g/mol. The molecule has 3 aromatic rings. The summed E-state index contributed by atoms with van der Waals surface area (Å²) in [4.78, 5) is 43.9. The Morgan fingerprint density at radius 1 is 1.00 bits per heavy atom. The third kappa shape index (κ3) is 5.99. The number of fused-ring (bicyclic) bond motifs is 1. The van der Waals surface area contributed by atoms with Gasteiger partial charge in [-0.25, -0.2) is 14.6 Å². The number of para-hydroxylation sites is 2. The van der Waals surface area contributed by atoms with Crippen LogP contribution in [-0.4, -0.2) is 45.6 Å². The van der Waals surface area contributed by atoms with Crippen LogP contribution in [0.3, 0.4) is 0 Å². The quantitative estimate of drug-likeness (QED) is 0.517. The Bertz CT molecular complexity index is 1040. The zero-order valence-corrected chi connectivity index (χ0v) is 15.9. The Labute approximate surface area is 172 Å². The van der Waals surface area contributed by atoms with Gasteiger partial charge in [0, 0.05) is 12.6 Å². The van der Waals surface area contributed by atoms with Crippen molar-refractivity contribution in [2.45, 2.75) is 19.1 Å². The van der Waals surface area contributed by atoms with E-state index < -0.39 is 30.6 Å². The van der Waals surface area contributed by atoms with Gasteiger partial charge in [0.05, 0.1) is 16.7 Å². The molecule has 0 fully saturated rings. The molecule has 0 aliphatic carbocycles. The van der Waals surface area contributed by atoms with Crippen LogP contribution in [0.2, 0.25) is 0 Å². The van der Waals surface area contributed by atoms with E-state index in [1.54, 1.807) is 30.3 Å². The van der Waals surface area contributed by atoms with E-state index >= 15 is 0 Å². The number of ether oxygens (including phenoxy) is 1. The number of carbonyl (C=O) groups excluding carboxylic acids is 2. The number of aromatic nitrogens is 2. The average Bonchev–Trinajstić information content (AvgIpc) is 2.76. The topological polar surface area (TPSA) is 131 Å². The predicted octanol–water partition coefficient (Wildman–Crippen LogP) is 1.67. The van der Waals surface area contributed by atoms with Gasteiger partial charge in [0.2, 0.25) is 5.91 Å². The first-order chi connectivity index (χ1) is 14.5. The van der Waals surface area contributed by atoms with E-state index in [2.05, 4.69) is 20.6 Å². The maximum Gasteiger partial charge on any atom is 0.407 e. The summed E-state index contributed by atoms with van der Waals surface area (Å²) in [5.41, 5.74) is 2.56. The Balaban J connectivity index is 1.49. The molecule has 0 aliphatic heterocycles. The second kappa shape index (κ2) is 9.97. The summed E-state index contributed by atoms with van der Waals surface area (Å²) < 4.78 is 5.00. The average molecular weight is 408 g/mol. The van der Waals surface area contributed by atoms with Crippen LogP contribution >= 0.6 is 0 Å². The molecule has 3 N–H and O–H groups in total. The molecule has 9 heteroatoms. The number of amides is 2. The molecule has 0 aliphatic rings. The van der Waals surface area contributed by atoms with Crippen molar-refractivity contribution in [3.63, 3.8) is 0 Å². The fraction of sp³-hybridized carbons (Fsp3) is 0.190. The fourth-order valence-corrected chi connectivity index (χ4v) is 2.68. The van der Waals surface area contributed by atoms with Gasteiger partial charge in [0.25, 0.3) is 0 Å². The number of hydrogen-bond donors (Lipinski definition) is 3. The van der Waals surface area contributed by atoms with Crippen molar-refractivity contribution in [1.82, 2.24) is 20.6 Å². The summed E-state index contributed by atoms with van der Waals surface area (Å²) in [7, 11) is 0. The van der Waals surface area contributed by atoms with Gasteiger partial charge in [0.15, 0.2) is 0 Å². The van der Waals surface area contributed by atoms with Gasteiger partial charge in [-0.15, -0.1) is 0 Å². The van der Waals surface area contributed by atoms with Crippen LogP contribution in [0, 0.1) is 0 Å². The lowest BCUT2D eigenvalue weighted by Crippen LogP contribution is -2.46. The predicted molar refractivity (Wildman–Crippen MR) is 107 cm³/mol. The van der Waals surface area contributed by atoms with Gasteiger partial charge in [-0.2, -0.15) is 0 Å². The summed E-state index contributed by atoms with van der Waals surface area (Å²) in [6, 6.07) is 15.1. The molecule has 154 valence electrons. The zero-order chi connectivity index (χ0) is 21.3. The second-order valence-electron chi connectivity index (χ2n) is 6.43. The summed E-state index contributed by atoms with van der Waals surface area (Å²) >= 11 is 0. The summed E-state index contributed by atoms with van der Waals surface area (Å²) in [5.74, 6) is -1.88. The highest BCUT2D eigenvalue weighted by atomic mass is 16.5. The molecule has 0 spiro atoms. The van der Waals surface area contributed by atoms with E-state index in [0.717, 1.165) is 5.56 Å². The molecule has 1 heterocycles. The van der Waals surface area contributed by atoms with E-state index in [-0.39, 0.29) is 13.0 Å².